The van der Waals surface area contributed by atoms with E-state index >= 15 is 0 Å². The number of carbonyl (C=O) groups excluding carboxylic acids is 1. The number of rotatable bonds is 6. The van der Waals surface area contributed by atoms with Crippen molar-refractivity contribution in [2.24, 2.45) is 0 Å². The van der Waals surface area contributed by atoms with E-state index in [1.165, 1.54) is 31.2 Å². The van der Waals surface area contributed by atoms with Crippen molar-refractivity contribution in [3.63, 3.8) is 0 Å². The van der Waals surface area contributed by atoms with Gasteiger partial charge in [0.1, 0.15) is 5.75 Å². The summed E-state index contributed by atoms with van der Waals surface area (Å²) < 4.78 is 56.4. The number of halogens is 4. The van der Waals surface area contributed by atoms with Crippen molar-refractivity contribution in [3.05, 3.63) is 24.3 Å². The zero-order chi connectivity index (χ0) is 15.4. The van der Waals surface area contributed by atoms with E-state index in [-0.39, 0.29) is 5.75 Å². The molecule has 1 aromatic carbocycles. The number of nitrogens with one attached hydrogen (secondary N) is 1. The number of benzene rings is 1. The summed E-state index contributed by atoms with van der Waals surface area (Å²) in [6.45, 7) is 0.787. The van der Waals surface area contributed by atoms with E-state index in [4.69, 9.17) is 4.74 Å². The molecule has 0 aliphatic heterocycles. The van der Waals surface area contributed by atoms with Gasteiger partial charge in [-0.15, -0.1) is 0 Å². The Kier molecular flexibility index (Phi) is 4.97. The number of alkyl halides is 4. The minimum atomic E-state index is -3.52. The van der Waals surface area contributed by atoms with Gasteiger partial charge in [0.05, 0.1) is 13.0 Å². The first-order chi connectivity index (χ1) is 9.07. The molecule has 0 unspecified atom stereocenters. The van der Waals surface area contributed by atoms with Crippen molar-refractivity contribution >= 4 is 11.7 Å². The fraction of sp³-hybridized carbons (Fsp3) is 0.462. The number of anilines is 1. The highest BCUT2D eigenvalue weighted by atomic mass is 19.3. The van der Waals surface area contributed by atoms with E-state index in [0.29, 0.717) is 12.6 Å². The summed E-state index contributed by atoms with van der Waals surface area (Å²) in [5.41, 5.74) is 0.319. The standard InChI is InChI=1S/C13H15F4NO2/c1-9(19)20-11-5-3-10(4-6-11)18-8-13(16,17)7-12(2,14)15/h3-6,18H,7-8H2,1-2H3. The Balaban J connectivity index is 2.55. The van der Waals surface area contributed by atoms with E-state index in [1.54, 1.807) is 0 Å². The first kappa shape index (κ1) is 16.3. The number of esters is 1. The SMILES string of the molecule is CC(=O)Oc1ccc(NCC(F)(F)CC(C)(F)F)cc1. The second-order valence-electron chi connectivity index (χ2n) is 4.57. The molecule has 20 heavy (non-hydrogen) atoms. The van der Waals surface area contributed by atoms with Crippen molar-refractivity contribution in [3.8, 4) is 5.75 Å². The maximum Gasteiger partial charge on any atom is 0.308 e. The minimum absolute atomic E-state index is 0.273. The number of ether oxygens (including phenoxy) is 1. The smallest absolute Gasteiger partial charge is 0.308 e. The highest BCUT2D eigenvalue weighted by molar-refractivity contribution is 5.69. The van der Waals surface area contributed by atoms with Crippen LogP contribution in [0.2, 0.25) is 0 Å². The summed E-state index contributed by atoms with van der Waals surface area (Å²) in [4.78, 5) is 10.7. The highest BCUT2D eigenvalue weighted by Gasteiger charge is 2.39. The van der Waals surface area contributed by atoms with Crippen LogP contribution in [-0.4, -0.2) is 24.4 Å². The van der Waals surface area contributed by atoms with Crippen LogP contribution in [0.3, 0.4) is 0 Å². The Hall–Kier alpha value is -1.79. The molecule has 0 spiro atoms. The molecule has 0 atom stereocenters. The molecule has 0 bridgehead atoms. The van der Waals surface area contributed by atoms with Crippen LogP contribution in [0.25, 0.3) is 0 Å². The van der Waals surface area contributed by atoms with Gasteiger partial charge in [-0.25, -0.2) is 17.6 Å². The van der Waals surface area contributed by atoms with Crippen LogP contribution < -0.4 is 10.1 Å². The molecule has 1 aromatic rings. The van der Waals surface area contributed by atoms with Crippen molar-refractivity contribution in [2.45, 2.75) is 32.1 Å². The molecule has 3 nitrogen and oxygen atoms in total. The van der Waals surface area contributed by atoms with Crippen LogP contribution in [0.15, 0.2) is 24.3 Å². The molecule has 0 heterocycles. The quantitative estimate of drug-likeness (QED) is 0.494. The topological polar surface area (TPSA) is 38.3 Å². The van der Waals surface area contributed by atoms with E-state index < -0.39 is 30.8 Å². The lowest BCUT2D eigenvalue weighted by atomic mass is 10.1. The Morgan fingerprint density at radius 1 is 1.20 bits per heavy atom. The molecule has 112 valence electrons. The molecule has 0 aromatic heterocycles. The van der Waals surface area contributed by atoms with Crippen LogP contribution in [0.1, 0.15) is 20.3 Å². The summed E-state index contributed by atoms with van der Waals surface area (Å²) in [5, 5.41) is 2.36. The molecule has 0 aliphatic rings. The molecule has 1 rings (SSSR count). The molecular weight excluding hydrogens is 278 g/mol. The van der Waals surface area contributed by atoms with Gasteiger partial charge in [-0.1, -0.05) is 0 Å². The van der Waals surface area contributed by atoms with Gasteiger partial charge in [-0.2, -0.15) is 0 Å². The molecule has 0 saturated heterocycles. The summed E-state index contributed by atoms with van der Waals surface area (Å²) in [6.07, 6.45) is -1.52. The van der Waals surface area contributed by atoms with Crippen LogP contribution in [0.4, 0.5) is 23.2 Å². The van der Waals surface area contributed by atoms with Crippen LogP contribution in [0.5, 0.6) is 5.75 Å². The van der Waals surface area contributed by atoms with Crippen molar-refractivity contribution < 1.29 is 27.1 Å². The first-order valence-corrected chi connectivity index (χ1v) is 5.85. The molecule has 0 fully saturated rings. The van der Waals surface area contributed by atoms with Crippen LogP contribution in [-0.2, 0) is 4.79 Å². The third-order valence-electron chi connectivity index (χ3n) is 2.24. The average Bonchev–Trinajstić information content (AvgIpc) is 2.24. The maximum atomic E-state index is 13.2. The predicted octanol–water partition coefficient (Wildman–Crippen LogP) is 3.70. The van der Waals surface area contributed by atoms with Gasteiger partial charge in [-0.3, -0.25) is 4.79 Å². The third kappa shape index (κ3) is 6.40. The Morgan fingerprint density at radius 2 is 1.75 bits per heavy atom. The fourth-order valence-electron chi connectivity index (χ4n) is 1.55. The predicted molar refractivity (Wildman–Crippen MR) is 66.4 cm³/mol. The molecule has 7 heteroatoms. The largest absolute Gasteiger partial charge is 0.427 e. The normalized spacial score (nSPS) is 12.1. The van der Waals surface area contributed by atoms with Crippen molar-refractivity contribution in [1.29, 1.82) is 0 Å². The number of hydrogen-bond donors (Lipinski definition) is 1. The Labute approximate surface area is 113 Å². The number of carbonyl (C=O) groups is 1. The van der Waals surface area contributed by atoms with Gasteiger partial charge in [0.2, 0.25) is 0 Å². The fourth-order valence-corrected chi connectivity index (χ4v) is 1.55. The molecule has 1 N–H and O–H groups in total. The van der Waals surface area contributed by atoms with E-state index in [9.17, 15) is 22.4 Å². The molecule has 0 saturated carbocycles. The zero-order valence-electron chi connectivity index (χ0n) is 11.1. The summed E-state index contributed by atoms with van der Waals surface area (Å²) >= 11 is 0. The van der Waals surface area contributed by atoms with Crippen LogP contribution in [0, 0.1) is 0 Å². The van der Waals surface area contributed by atoms with Gasteiger partial charge in [-0.05, 0) is 31.2 Å². The van der Waals surface area contributed by atoms with Crippen molar-refractivity contribution in [1.82, 2.24) is 0 Å². The summed E-state index contributed by atoms with van der Waals surface area (Å²) in [5.74, 6) is -7.17. The van der Waals surface area contributed by atoms with Gasteiger partial charge < -0.3 is 10.1 Å². The van der Waals surface area contributed by atoms with E-state index in [2.05, 4.69) is 5.32 Å². The summed E-state index contributed by atoms with van der Waals surface area (Å²) in [6, 6.07) is 5.66. The Morgan fingerprint density at radius 3 is 2.20 bits per heavy atom. The van der Waals surface area contributed by atoms with E-state index in [0.717, 1.165) is 0 Å². The van der Waals surface area contributed by atoms with Gasteiger partial charge >= 0.3 is 5.97 Å². The minimum Gasteiger partial charge on any atom is -0.427 e. The monoisotopic (exact) mass is 293 g/mol. The lowest BCUT2D eigenvalue weighted by Crippen LogP contribution is -2.33. The highest BCUT2D eigenvalue weighted by Crippen LogP contribution is 2.30. The molecule has 0 aliphatic carbocycles. The van der Waals surface area contributed by atoms with Gasteiger partial charge in [0, 0.05) is 12.6 Å². The number of hydrogen-bond acceptors (Lipinski definition) is 3. The van der Waals surface area contributed by atoms with Gasteiger partial charge in [0.25, 0.3) is 11.8 Å². The molecular formula is C13H15F4NO2. The van der Waals surface area contributed by atoms with E-state index in [1.807, 2.05) is 0 Å². The second kappa shape index (κ2) is 6.11. The second-order valence-corrected chi connectivity index (χ2v) is 4.57. The lowest BCUT2D eigenvalue weighted by Gasteiger charge is -2.21. The lowest BCUT2D eigenvalue weighted by molar-refractivity contribution is -0.131. The Bertz CT molecular complexity index is 454. The molecule has 0 radical (unpaired) electrons. The zero-order valence-corrected chi connectivity index (χ0v) is 11.1. The van der Waals surface area contributed by atoms with Crippen molar-refractivity contribution in [2.75, 3.05) is 11.9 Å². The first-order valence-electron chi connectivity index (χ1n) is 5.85. The van der Waals surface area contributed by atoms with Crippen LogP contribution >= 0.6 is 0 Å². The maximum absolute atomic E-state index is 13.2. The summed E-state index contributed by atoms with van der Waals surface area (Å²) in [7, 11) is 0. The third-order valence-corrected chi connectivity index (χ3v) is 2.24. The molecule has 0 amide bonds. The van der Waals surface area contributed by atoms with Gasteiger partial charge in [0.15, 0.2) is 0 Å². The average molecular weight is 293 g/mol.